The summed E-state index contributed by atoms with van der Waals surface area (Å²) in [5, 5.41) is 0.829. The quantitative estimate of drug-likeness (QED) is 0.472. The smallest absolute Gasteiger partial charge is 0.265 e. The van der Waals surface area contributed by atoms with E-state index in [1.165, 1.54) is 0 Å². The number of carbonyl (C=O) groups excluding carboxylic acids is 1. The zero-order valence-electron chi connectivity index (χ0n) is 18.0. The Bertz CT molecular complexity index is 1280. The first-order valence-corrected chi connectivity index (χ1v) is 10.3. The summed E-state index contributed by atoms with van der Waals surface area (Å²) in [5.74, 6) is 1.06. The number of H-pyrrole nitrogens is 1. The van der Waals surface area contributed by atoms with E-state index in [4.69, 9.17) is 9.47 Å². The van der Waals surface area contributed by atoms with E-state index in [0.29, 0.717) is 28.3 Å². The molecule has 6 nitrogen and oxygen atoms in total. The summed E-state index contributed by atoms with van der Waals surface area (Å²) in [6.45, 7) is 1.95. The molecule has 0 saturated heterocycles. The molecule has 32 heavy (non-hydrogen) atoms. The van der Waals surface area contributed by atoms with Gasteiger partial charge in [0, 0.05) is 22.2 Å². The molecule has 0 aliphatic carbocycles. The average Bonchev–Trinajstić information content (AvgIpc) is 2.82. The number of hydrogen-bond donors (Lipinski definition) is 1. The number of benzene rings is 3. The lowest BCUT2D eigenvalue weighted by Crippen LogP contribution is -2.36. The summed E-state index contributed by atoms with van der Waals surface area (Å²) in [7, 11) is 1.60. The molecule has 1 heterocycles. The lowest BCUT2D eigenvalue weighted by Gasteiger charge is -2.23. The molecule has 0 aliphatic heterocycles. The van der Waals surface area contributed by atoms with Crippen molar-refractivity contribution in [3.8, 4) is 11.5 Å². The molecule has 0 atom stereocenters. The van der Waals surface area contributed by atoms with E-state index in [1.54, 1.807) is 42.3 Å². The molecule has 0 unspecified atom stereocenters. The predicted molar refractivity (Wildman–Crippen MR) is 125 cm³/mol. The number of carbonyl (C=O) groups is 1. The van der Waals surface area contributed by atoms with Crippen LogP contribution in [0.2, 0.25) is 0 Å². The van der Waals surface area contributed by atoms with Crippen LogP contribution in [0, 0.1) is 6.92 Å². The van der Waals surface area contributed by atoms with Crippen LogP contribution in [0.25, 0.3) is 10.9 Å². The molecular formula is C26H24N2O4. The van der Waals surface area contributed by atoms with Gasteiger partial charge in [-0.3, -0.25) is 9.59 Å². The molecule has 162 valence electrons. The number of methoxy groups -OCH3 is 1. The number of aromatic amines is 1. The zero-order valence-corrected chi connectivity index (χ0v) is 18.0. The molecule has 6 heteroatoms. The van der Waals surface area contributed by atoms with Gasteiger partial charge in [0.1, 0.15) is 11.5 Å². The van der Waals surface area contributed by atoms with Gasteiger partial charge in [-0.1, -0.05) is 35.9 Å². The highest BCUT2D eigenvalue weighted by atomic mass is 16.5. The third-order valence-electron chi connectivity index (χ3n) is 5.21. The van der Waals surface area contributed by atoms with Gasteiger partial charge in [-0.05, 0) is 55.5 Å². The number of nitrogens with zero attached hydrogens (tertiary/aromatic N) is 1. The second kappa shape index (κ2) is 9.39. The summed E-state index contributed by atoms with van der Waals surface area (Å²) in [5.41, 5.74) is 2.72. The van der Waals surface area contributed by atoms with Crippen LogP contribution >= 0.6 is 0 Å². The van der Waals surface area contributed by atoms with Crippen LogP contribution in [0.3, 0.4) is 0 Å². The Hall–Kier alpha value is -4.06. The number of fused-ring (bicyclic) bond motifs is 1. The first kappa shape index (κ1) is 21.2. The molecule has 0 bridgehead atoms. The summed E-state index contributed by atoms with van der Waals surface area (Å²) in [6, 6.07) is 24.0. The average molecular weight is 428 g/mol. The monoisotopic (exact) mass is 428 g/mol. The Kier molecular flexibility index (Phi) is 6.22. The molecule has 0 fully saturated rings. The van der Waals surface area contributed by atoms with E-state index in [-0.39, 0.29) is 24.6 Å². The Labute approximate surface area is 186 Å². The number of nitrogens with one attached hydrogen (secondary N) is 1. The first-order chi connectivity index (χ1) is 15.5. The second-order valence-corrected chi connectivity index (χ2v) is 7.49. The van der Waals surface area contributed by atoms with Crippen molar-refractivity contribution in [3.05, 3.63) is 100 Å². The van der Waals surface area contributed by atoms with E-state index in [2.05, 4.69) is 4.98 Å². The fraction of sp³-hybridized carbons (Fsp3) is 0.154. The largest absolute Gasteiger partial charge is 0.497 e. The third kappa shape index (κ3) is 4.81. The molecular weight excluding hydrogens is 404 g/mol. The van der Waals surface area contributed by atoms with E-state index < -0.39 is 0 Å². The molecule has 0 aliphatic rings. The minimum absolute atomic E-state index is 0.114. The molecule has 4 aromatic rings. The van der Waals surface area contributed by atoms with Crippen molar-refractivity contribution in [3.63, 3.8) is 0 Å². The number of ether oxygens (including phenoxy) is 2. The molecule has 1 amide bonds. The molecule has 3 aromatic carbocycles. The highest BCUT2D eigenvalue weighted by molar-refractivity contribution is 5.94. The van der Waals surface area contributed by atoms with Gasteiger partial charge < -0.3 is 19.4 Å². The number of para-hydroxylation sites is 1. The van der Waals surface area contributed by atoms with E-state index in [0.717, 1.165) is 10.9 Å². The van der Waals surface area contributed by atoms with Crippen molar-refractivity contribution >= 4 is 22.5 Å². The number of hydrogen-bond acceptors (Lipinski definition) is 4. The predicted octanol–water partition coefficient (Wildman–Crippen LogP) is 4.46. The molecule has 0 radical (unpaired) electrons. The minimum atomic E-state index is -0.247. The fourth-order valence-corrected chi connectivity index (χ4v) is 3.43. The number of rotatable bonds is 7. The van der Waals surface area contributed by atoms with E-state index >= 15 is 0 Å². The van der Waals surface area contributed by atoms with Crippen LogP contribution in [-0.4, -0.2) is 24.6 Å². The number of aromatic nitrogens is 1. The fourth-order valence-electron chi connectivity index (χ4n) is 3.43. The number of aryl methyl sites for hydroxylation is 1. The summed E-state index contributed by atoms with van der Waals surface area (Å²) >= 11 is 0. The van der Waals surface area contributed by atoms with Gasteiger partial charge in [-0.2, -0.15) is 0 Å². The molecule has 1 N–H and O–H groups in total. The molecule has 0 spiro atoms. The van der Waals surface area contributed by atoms with Crippen molar-refractivity contribution in [2.24, 2.45) is 0 Å². The van der Waals surface area contributed by atoms with E-state index in [9.17, 15) is 9.59 Å². The topological polar surface area (TPSA) is 71.6 Å². The maximum Gasteiger partial charge on any atom is 0.265 e. The van der Waals surface area contributed by atoms with Gasteiger partial charge in [0.15, 0.2) is 6.61 Å². The van der Waals surface area contributed by atoms with Crippen molar-refractivity contribution in [1.82, 2.24) is 4.98 Å². The van der Waals surface area contributed by atoms with Gasteiger partial charge in [-0.25, -0.2) is 0 Å². The number of amides is 1. The molecule has 1 aromatic heterocycles. The van der Waals surface area contributed by atoms with Crippen LogP contribution in [0.5, 0.6) is 11.5 Å². The van der Waals surface area contributed by atoms with Crippen molar-refractivity contribution in [2.45, 2.75) is 13.5 Å². The van der Waals surface area contributed by atoms with Gasteiger partial charge in [0.05, 0.1) is 13.7 Å². The molecule has 4 rings (SSSR count). The highest BCUT2D eigenvalue weighted by Gasteiger charge is 2.19. The van der Waals surface area contributed by atoms with Crippen LogP contribution in [0.1, 0.15) is 11.1 Å². The summed E-state index contributed by atoms with van der Waals surface area (Å²) in [6.07, 6.45) is 0. The van der Waals surface area contributed by atoms with Crippen LogP contribution in [0.15, 0.2) is 83.7 Å². The number of anilines is 1. The van der Waals surface area contributed by atoms with Crippen molar-refractivity contribution in [1.29, 1.82) is 0 Å². The van der Waals surface area contributed by atoms with E-state index in [1.807, 2.05) is 55.5 Å². The van der Waals surface area contributed by atoms with Crippen LogP contribution < -0.4 is 19.9 Å². The second-order valence-electron chi connectivity index (χ2n) is 7.49. The SMILES string of the molecule is COc1ccc2[nH]c(=O)c(CN(C(=O)COc3ccccc3)c3ccc(C)cc3)cc2c1. The summed E-state index contributed by atoms with van der Waals surface area (Å²) in [4.78, 5) is 30.4. The molecule has 0 saturated carbocycles. The van der Waals surface area contributed by atoms with Crippen LogP contribution in [-0.2, 0) is 11.3 Å². The first-order valence-electron chi connectivity index (χ1n) is 10.3. The maximum atomic E-state index is 13.2. The standard InChI is InChI=1S/C26H24N2O4/c1-18-8-10-21(11-9-18)28(25(29)17-32-22-6-4-3-5-7-22)16-20-14-19-15-23(31-2)12-13-24(19)27-26(20)30/h3-15H,16-17H2,1-2H3,(H,27,30). The van der Waals surface area contributed by atoms with Crippen molar-refractivity contribution in [2.75, 3.05) is 18.6 Å². The normalized spacial score (nSPS) is 10.7. The lowest BCUT2D eigenvalue weighted by atomic mass is 10.1. The van der Waals surface area contributed by atoms with Crippen LogP contribution in [0.4, 0.5) is 5.69 Å². The van der Waals surface area contributed by atoms with Gasteiger partial charge in [0.25, 0.3) is 11.5 Å². The van der Waals surface area contributed by atoms with Gasteiger partial charge >= 0.3 is 0 Å². The maximum absolute atomic E-state index is 13.2. The Morgan fingerprint density at radius 3 is 2.41 bits per heavy atom. The lowest BCUT2D eigenvalue weighted by molar-refractivity contribution is -0.120. The Morgan fingerprint density at radius 1 is 0.938 bits per heavy atom. The minimum Gasteiger partial charge on any atom is -0.497 e. The zero-order chi connectivity index (χ0) is 22.5. The van der Waals surface area contributed by atoms with Gasteiger partial charge in [-0.15, -0.1) is 0 Å². The Balaban J connectivity index is 1.65. The highest BCUT2D eigenvalue weighted by Crippen LogP contribution is 2.22. The van der Waals surface area contributed by atoms with Crippen molar-refractivity contribution < 1.29 is 14.3 Å². The number of pyridine rings is 1. The Morgan fingerprint density at radius 2 is 1.69 bits per heavy atom. The van der Waals surface area contributed by atoms with Gasteiger partial charge in [0.2, 0.25) is 0 Å². The third-order valence-corrected chi connectivity index (χ3v) is 5.21. The summed E-state index contributed by atoms with van der Waals surface area (Å²) < 4.78 is 11.0.